The molecule has 0 radical (unpaired) electrons. The molecule has 1 aromatic carbocycles. The fourth-order valence-corrected chi connectivity index (χ4v) is 5.37. The minimum Gasteiger partial charge on any atom is -0.445 e. The lowest BCUT2D eigenvalue weighted by atomic mass is 10.0. The smallest absolute Gasteiger partial charge is 0.410 e. The van der Waals surface area contributed by atoms with Gasteiger partial charge in [-0.25, -0.2) is 14.2 Å². The van der Waals surface area contributed by atoms with Crippen LogP contribution in [0.25, 0.3) is 0 Å². The molecule has 5 aromatic rings. The Morgan fingerprint density at radius 2 is 1.41 bits per heavy atom. The molecule has 2 saturated heterocycles. The lowest BCUT2D eigenvalue weighted by molar-refractivity contribution is 0.0387. The summed E-state index contributed by atoms with van der Waals surface area (Å²) < 4.78 is 9.14. The molecule has 7 rings (SSSR count). The van der Waals surface area contributed by atoms with Crippen LogP contribution < -0.4 is 5.32 Å². The van der Waals surface area contributed by atoms with E-state index in [0.717, 1.165) is 63.0 Å². The SMILES string of the molecule is CCO.O=C(OCc1ccccc1)N1CC[C@H]1c1nnnn1CCCc1cccnc1.c1cncc(CCCn2nnnc2[C@@H]2CCN2)c1. The summed E-state index contributed by atoms with van der Waals surface area (Å²) in [4.78, 5) is 22.4. The molecule has 0 spiro atoms. The maximum Gasteiger partial charge on any atom is 0.410 e. The van der Waals surface area contributed by atoms with Crippen molar-refractivity contribution in [3.05, 3.63) is 108 Å². The monoisotopic (exact) mass is 668 g/mol. The number of amides is 1. The molecule has 258 valence electrons. The highest BCUT2D eigenvalue weighted by molar-refractivity contribution is 5.69. The van der Waals surface area contributed by atoms with E-state index in [4.69, 9.17) is 9.84 Å². The van der Waals surface area contributed by atoms with Gasteiger partial charge in [0, 0.05) is 51.0 Å². The van der Waals surface area contributed by atoms with Crippen molar-refractivity contribution in [1.82, 2.24) is 60.6 Å². The van der Waals surface area contributed by atoms with Gasteiger partial charge in [0.15, 0.2) is 11.6 Å². The summed E-state index contributed by atoms with van der Waals surface area (Å²) in [5, 5.41) is 34.9. The lowest BCUT2D eigenvalue weighted by Gasteiger charge is -2.38. The zero-order valence-corrected chi connectivity index (χ0v) is 27.8. The normalized spacial score (nSPS) is 16.2. The van der Waals surface area contributed by atoms with E-state index in [9.17, 15) is 4.79 Å². The standard InChI is InChI=1S/C20H22N6O2.C12H16N6.C2H6O/c27-20(28-15-17-6-2-1-3-7-17)25-13-10-18(25)19-22-23-24-26(19)12-5-9-16-8-4-11-21-14-16;1-3-10(9-13-6-1)4-2-8-18-12(15-16-17-18)11-5-7-14-11;1-2-3/h1-4,6-8,11,14,18H,5,9-10,12-13,15H2;1,3,6,9,11,14H,2,4-5,7-8H2;3H,2H2,1H3/t18-;11-;/m00./s1. The lowest BCUT2D eigenvalue weighted by Crippen LogP contribution is -2.46. The van der Waals surface area contributed by atoms with E-state index < -0.39 is 0 Å². The fraction of sp³-hybridized carbons (Fsp3) is 0.441. The van der Waals surface area contributed by atoms with Crippen LogP contribution in [0.5, 0.6) is 0 Å². The molecule has 4 aromatic heterocycles. The van der Waals surface area contributed by atoms with Gasteiger partial charge in [-0.15, -0.1) is 10.2 Å². The van der Waals surface area contributed by atoms with Gasteiger partial charge in [-0.3, -0.25) is 14.9 Å². The van der Waals surface area contributed by atoms with Crippen molar-refractivity contribution in [2.24, 2.45) is 0 Å². The topological polar surface area (TPSA) is 175 Å². The van der Waals surface area contributed by atoms with E-state index in [0.29, 0.717) is 25.0 Å². The van der Waals surface area contributed by atoms with Crippen LogP contribution in [-0.4, -0.2) is 86.2 Å². The number of benzene rings is 1. The van der Waals surface area contributed by atoms with Crippen molar-refractivity contribution < 1.29 is 14.6 Å². The Labute approximate surface area is 285 Å². The first-order valence-corrected chi connectivity index (χ1v) is 16.8. The predicted octanol–water partition coefficient (Wildman–Crippen LogP) is 3.52. The Bertz CT molecular complexity index is 1650. The summed E-state index contributed by atoms with van der Waals surface area (Å²) in [6, 6.07) is 17.9. The minimum atomic E-state index is -0.329. The summed E-state index contributed by atoms with van der Waals surface area (Å²) in [6.45, 7) is 5.46. The molecule has 1 amide bonds. The number of carbonyl (C=O) groups excluding carboxylic acids is 1. The van der Waals surface area contributed by atoms with E-state index >= 15 is 0 Å². The Morgan fingerprint density at radius 1 is 0.837 bits per heavy atom. The molecular formula is C34H44N12O3. The summed E-state index contributed by atoms with van der Waals surface area (Å²) in [7, 11) is 0. The quantitative estimate of drug-likeness (QED) is 0.198. The number of pyridine rings is 2. The number of aryl methyl sites for hydroxylation is 4. The van der Waals surface area contributed by atoms with Gasteiger partial charge in [0.05, 0.1) is 12.1 Å². The van der Waals surface area contributed by atoms with E-state index in [1.54, 1.807) is 28.9 Å². The van der Waals surface area contributed by atoms with E-state index in [1.165, 1.54) is 11.1 Å². The molecule has 49 heavy (non-hydrogen) atoms. The van der Waals surface area contributed by atoms with Crippen LogP contribution in [0.2, 0.25) is 0 Å². The molecule has 2 aliphatic rings. The van der Waals surface area contributed by atoms with Gasteiger partial charge in [-0.1, -0.05) is 42.5 Å². The third-order valence-electron chi connectivity index (χ3n) is 8.13. The van der Waals surface area contributed by atoms with Crippen molar-refractivity contribution in [2.45, 2.75) is 77.2 Å². The van der Waals surface area contributed by atoms with Crippen LogP contribution in [0, 0.1) is 0 Å². The number of aliphatic hydroxyl groups is 1. The fourth-order valence-electron chi connectivity index (χ4n) is 5.37. The maximum atomic E-state index is 12.4. The Balaban J connectivity index is 0.000000191. The highest BCUT2D eigenvalue weighted by Gasteiger charge is 2.38. The third-order valence-corrected chi connectivity index (χ3v) is 8.13. The summed E-state index contributed by atoms with van der Waals surface area (Å²) >= 11 is 0. The number of likely N-dealkylation sites (tertiary alicyclic amines) is 1. The summed E-state index contributed by atoms with van der Waals surface area (Å²) in [6.07, 6.45) is 12.8. The van der Waals surface area contributed by atoms with Crippen LogP contribution in [0.4, 0.5) is 4.79 Å². The second-order valence-electron chi connectivity index (χ2n) is 11.6. The molecule has 0 unspecified atom stereocenters. The van der Waals surface area contributed by atoms with Crippen LogP contribution >= 0.6 is 0 Å². The second kappa shape index (κ2) is 19.0. The average Bonchev–Trinajstić information content (AvgIpc) is 3.74. The molecule has 15 heteroatoms. The Kier molecular flexibility index (Phi) is 13.6. The van der Waals surface area contributed by atoms with Gasteiger partial charge < -0.3 is 15.2 Å². The summed E-state index contributed by atoms with van der Waals surface area (Å²) in [5.41, 5.74) is 3.41. The number of ether oxygens (including phenoxy) is 1. The molecule has 2 atom stereocenters. The number of nitrogens with one attached hydrogen (secondary N) is 1. The predicted molar refractivity (Wildman–Crippen MR) is 180 cm³/mol. The molecule has 2 fully saturated rings. The van der Waals surface area contributed by atoms with Crippen molar-refractivity contribution in [3.63, 3.8) is 0 Å². The maximum absolute atomic E-state index is 12.4. The van der Waals surface area contributed by atoms with Crippen molar-refractivity contribution in [2.75, 3.05) is 19.7 Å². The van der Waals surface area contributed by atoms with Crippen LogP contribution in [0.3, 0.4) is 0 Å². The van der Waals surface area contributed by atoms with E-state index in [-0.39, 0.29) is 25.3 Å². The number of tetrazole rings is 2. The number of carbonyl (C=O) groups is 1. The molecule has 6 heterocycles. The molecule has 0 aliphatic carbocycles. The third kappa shape index (κ3) is 10.4. The van der Waals surface area contributed by atoms with Gasteiger partial charge in [-0.05, 0) is 102 Å². The van der Waals surface area contributed by atoms with Gasteiger partial charge in [0.25, 0.3) is 0 Å². The number of nitrogens with zero attached hydrogens (tertiary/aromatic N) is 11. The molecular weight excluding hydrogens is 624 g/mol. The highest BCUT2D eigenvalue weighted by Crippen LogP contribution is 2.32. The first-order chi connectivity index (χ1) is 24.2. The zero-order valence-electron chi connectivity index (χ0n) is 27.8. The van der Waals surface area contributed by atoms with Gasteiger partial charge in [0.1, 0.15) is 6.61 Å². The zero-order chi connectivity index (χ0) is 34.1. The number of hydrogen-bond acceptors (Lipinski definition) is 12. The number of hydrogen-bond donors (Lipinski definition) is 2. The highest BCUT2D eigenvalue weighted by atomic mass is 16.6. The van der Waals surface area contributed by atoms with Crippen LogP contribution in [-0.2, 0) is 37.3 Å². The number of aromatic nitrogens is 10. The van der Waals surface area contributed by atoms with Crippen molar-refractivity contribution in [1.29, 1.82) is 0 Å². The van der Waals surface area contributed by atoms with Crippen molar-refractivity contribution in [3.8, 4) is 0 Å². The minimum absolute atomic E-state index is 0.128. The average molecular weight is 669 g/mol. The van der Waals surface area contributed by atoms with Crippen LogP contribution in [0.1, 0.15) is 73.0 Å². The number of aliphatic hydroxyl groups excluding tert-OH is 1. The number of rotatable bonds is 12. The largest absolute Gasteiger partial charge is 0.445 e. The van der Waals surface area contributed by atoms with E-state index in [2.05, 4.69) is 58.5 Å². The Hall–Kier alpha value is -5.15. The van der Waals surface area contributed by atoms with Crippen LogP contribution in [0.15, 0.2) is 79.4 Å². The second-order valence-corrected chi connectivity index (χ2v) is 11.6. The first kappa shape index (κ1) is 35.2. The Morgan fingerprint density at radius 3 is 1.92 bits per heavy atom. The molecule has 2 N–H and O–H groups in total. The van der Waals surface area contributed by atoms with Crippen molar-refractivity contribution >= 4 is 6.09 Å². The summed E-state index contributed by atoms with van der Waals surface area (Å²) in [5.74, 6) is 1.68. The molecule has 15 nitrogen and oxygen atoms in total. The first-order valence-electron chi connectivity index (χ1n) is 16.8. The molecule has 2 aliphatic heterocycles. The molecule has 0 saturated carbocycles. The van der Waals surface area contributed by atoms with Gasteiger partial charge in [-0.2, -0.15) is 0 Å². The molecule has 0 bridgehead atoms. The van der Waals surface area contributed by atoms with Gasteiger partial charge in [0.2, 0.25) is 0 Å². The van der Waals surface area contributed by atoms with Gasteiger partial charge >= 0.3 is 6.09 Å². The van der Waals surface area contributed by atoms with E-state index in [1.807, 2.05) is 59.5 Å².